The summed E-state index contributed by atoms with van der Waals surface area (Å²) in [5.74, 6) is -1.30. The molecule has 0 unspecified atom stereocenters. The van der Waals surface area contributed by atoms with Gasteiger partial charge in [0.1, 0.15) is 10.6 Å². The molecule has 8 heteroatoms. The van der Waals surface area contributed by atoms with Crippen molar-refractivity contribution < 1.29 is 14.4 Å². The summed E-state index contributed by atoms with van der Waals surface area (Å²) in [5.41, 5.74) is 7.13. The zero-order valence-corrected chi connectivity index (χ0v) is 17.1. The number of amides is 3. The van der Waals surface area contributed by atoms with Gasteiger partial charge in [0.05, 0.1) is 6.04 Å². The van der Waals surface area contributed by atoms with Crippen LogP contribution in [0.25, 0.3) is 0 Å². The molecule has 3 amide bonds. The van der Waals surface area contributed by atoms with E-state index in [1.54, 1.807) is 18.3 Å². The predicted molar refractivity (Wildman–Crippen MR) is 109 cm³/mol. The van der Waals surface area contributed by atoms with Gasteiger partial charge < -0.3 is 16.4 Å². The summed E-state index contributed by atoms with van der Waals surface area (Å²) in [4.78, 5) is 40.0. The van der Waals surface area contributed by atoms with E-state index in [2.05, 4.69) is 31.5 Å². The van der Waals surface area contributed by atoms with E-state index in [1.165, 1.54) is 0 Å². The number of benzene rings is 1. The Morgan fingerprint density at radius 1 is 1.04 bits per heavy atom. The monoisotopic (exact) mass is 446 g/mol. The maximum absolute atomic E-state index is 12.2. The first-order chi connectivity index (χ1) is 13.4. The largest absolute Gasteiger partial charge is 0.368 e. The molecule has 0 radical (unpaired) electrons. The molecule has 2 rings (SSSR count). The Hall–Kier alpha value is -2.74. The van der Waals surface area contributed by atoms with Gasteiger partial charge in [0, 0.05) is 25.5 Å². The molecule has 0 bridgehead atoms. The van der Waals surface area contributed by atoms with Crippen molar-refractivity contribution in [1.82, 2.24) is 15.6 Å². The van der Waals surface area contributed by atoms with Crippen LogP contribution in [0.1, 0.15) is 36.9 Å². The van der Waals surface area contributed by atoms with E-state index in [-0.39, 0.29) is 31.2 Å². The topological polar surface area (TPSA) is 114 Å². The maximum Gasteiger partial charge on any atom is 0.240 e. The van der Waals surface area contributed by atoms with Crippen molar-refractivity contribution in [3.05, 3.63) is 64.4 Å². The highest BCUT2D eigenvalue weighted by atomic mass is 79.9. The second-order valence-corrected chi connectivity index (χ2v) is 7.13. The minimum absolute atomic E-state index is 0.0189. The Kier molecular flexibility index (Phi) is 8.13. The number of carbonyl (C=O) groups is 3. The molecule has 0 aliphatic carbocycles. The number of carbonyl (C=O) groups excluding carboxylic acids is 3. The minimum Gasteiger partial charge on any atom is -0.368 e. The fraction of sp³-hybridized carbons (Fsp3) is 0.300. The summed E-state index contributed by atoms with van der Waals surface area (Å²) < 4.78 is 0.588. The molecule has 2 aromatic rings. The van der Waals surface area contributed by atoms with Gasteiger partial charge >= 0.3 is 0 Å². The molecule has 0 spiro atoms. The van der Waals surface area contributed by atoms with Crippen LogP contribution in [0, 0.1) is 0 Å². The van der Waals surface area contributed by atoms with Crippen molar-refractivity contribution in [1.29, 1.82) is 0 Å². The van der Waals surface area contributed by atoms with Crippen LogP contribution in [0.3, 0.4) is 0 Å². The quantitative estimate of drug-likeness (QED) is 0.511. The van der Waals surface area contributed by atoms with Crippen molar-refractivity contribution in [2.45, 2.75) is 38.3 Å². The predicted octanol–water partition coefficient (Wildman–Crippen LogP) is 2.01. The number of rotatable bonds is 9. The lowest BCUT2D eigenvalue weighted by Crippen LogP contribution is -2.46. The Morgan fingerprint density at radius 3 is 2.29 bits per heavy atom. The average Bonchev–Trinajstić information content (AvgIpc) is 2.68. The lowest BCUT2D eigenvalue weighted by molar-refractivity contribution is -0.129. The van der Waals surface area contributed by atoms with Crippen LogP contribution in [-0.4, -0.2) is 28.7 Å². The molecule has 148 valence electrons. The Bertz CT molecular complexity index is 829. The molecule has 0 aliphatic heterocycles. The van der Waals surface area contributed by atoms with Crippen LogP contribution >= 0.6 is 15.9 Å². The number of hydrogen-bond acceptors (Lipinski definition) is 4. The number of aromatic nitrogens is 1. The van der Waals surface area contributed by atoms with Crippen molar-refractivity contribution in [3.8, 4) is 0 Å². The summed E-state index contributed by atoms with van der Waals surface area (Å²) >= 11 is 3.30. The molecule has 2 atom stereocenters. The van der Waals surface area contributed by atoms with Crippen LogP contribution < -0.4 is 16.4 Å². The lowest BCUT2D eigenvalue weighted by Gasteiger charge is -2.17. The number of nitrogens with zero attached hydrogens (tertiary/aromatic N) is 1. The van der Waals surface area contributed by atoms with E-state index in [9.17, 15) is 14.4 Å². The first-order valence-corrected chi connectivity index (χ1v) is 9.68. The number of pyridine rings is 1. The van der Waals surface area contributed by atoms with Gasteiger partial charge in [0.25, 0.3) is 0 Å². The first-order valence-electron chi connectivity index (χ1n) is 8.89. The van der Waals surface area contributed by atoms with Crippen molar-refractivity contribution >= 4 is 33.7 Å². The Morgan fingerprint density at radius 2 is 1.68 bits per heavy atom. The van der Waals surface area contributed by atoms with Gasteiger partial charge in [0.15, 0.2) is 0 Å². The summed E-state index contributed by atoms with van der Waals surface area (Å²) in [6.45, 7) is 1.88. The zero-order valence-electron chi connectivity index (χ0n) is 15.5. The average molecular weight is 447 g/mol. The van der Waals surface area contributed by atoms with E-state index >= 15 is 0 Å². The fourth-order valence-electron chi connectivity index (χ4n) is 2.65. The maximum atomic E-state index is 12.2. The molecule has 28 heavy (non-hydrogen) atoms. The van der Waals surface area contributed by atoms with Gasteiger partial charge in [-0.3, -0.25) is 14.4 Å². The van der Waals surface area contributed by atoms with E-state index < -0.39 is 17.9 Å². The van der Waals surface area contributed by atoms with Crippen LogP contribution in [0.5, 0.6) is 0 Å². The van der Waals surface area contributed by atoms with E-state index in [0.29, 0.717) is 4.60 Å². The molecule has 0 aliphatic rings. The Balaban J connectivity index is 1.83. The first kappa shape index (κ1) is 21.6. The molecular weight excluding hydrogens is 424 g/mol. The molecule has 0 saturated carbocycles. The molecule has 1 aromatic carbocycles. The highest BCUT2D eigenvalue weighted by Crippen LogP contribution is 2.15. The van der Waals surface area contributed by atoms with E-state index in [1.807, 2.05) is 37.3 Å². The Labute approximate surface area is 172 Å². The molecule has 7 nitrogen and oxygen atoms in total. The standard InChI is InChI=1S/C20H23BrN4O3/c1-13(14-6-3-2-4-7-14)24-17(26)9-10-18(27)25-16(20(22)28)12-15-8-5-11-23-19(15)21/h2-8,11,13,16H,9-10,12H2,1H3,(H2,22,28)(H,24,26)(H,25,27)/t13-,16+/m1/s1. The van der Waals surface area contributed by atoms with Crippen LogP contribution in [0.4, 0.5) is 0 Å². The zero-order chi connectivity index (χ0) is 20.5. The van der Waals surface area contributed by atoms with Gasteiger partial charge in [0.2, 0.25) is 17.7 Å². The highest BCUT2D eigenvalue weighted by molar-refractivity contribution is 9.10. The van der Waals surface area contributed by atoms with Crippen LogP contribution in [-0.2, 0) is 20.8 Å². The van der Waals surface area contributed by atoms with Gasteiger partial charge in [-0.1, -0.05) is 36.4 Å². The molecule has 4 N–H and O–H groups in total. The second kappa shape index (κ2) is 10.6. The van der Waals surface area contributed by atoms with Crippen molar-refractivity contribution in [3.63, 3.8) is 0 Å². The molecule has 0 saturated heterocycles. The summed E-state index contributed by atoms with van der Waals surface area (Å²) in [7, 11) is 0. The number of nitrogens with one attached hydrogen (secondary N) is 2. The van der Waals surface area contributed by atoms with Crippen LogP contribution in [0.2, 0.25) is 0 Å². The van der Waals surface area contributed by atoms with Gasteiger partial charge in [-0.05, 0) is 40.0 Å². The normalized spacial score (nSPS) is 12.6. The summed E-state index contributed by atoms with van der Waals surface area (Å²) in [6, 6.07) is 12.0. The van der Waals surface area contributed by atoms with E-state index in [4.69, 9.17) is 5.73 Å². The SMILES string of the molecule is C[C@@H](NC(=O)CCC(=O)N[C@@H](Cc1cccnc1Br)C(N)=O)c1ccccc1. The second-order valence-electron chi connectivity index (χ2n) is 6.38. The molecular formula is C20H23BrN4O3. The van der Waals surface area contributed by atoms with Gasteiger partial charge in [-0.2, -0.15) is 0 Å². The lowest BCUT2D eigenvalue weighted by atomic mass is 10.1. The number of primary amides is 1. The molecule has 0 fully saturated rings. The third kappa shape index (κ3) is 6.77. The molecule has 1 aromatic heterocycles. The van der Waals surface area contributed by atoms with E-state index in [0.717, 1.165) is 11.1 Å². The van der Waals surface area contributed by atoms with Crippen LogP contribution in [0.15, 0.2) is 53.3 Å². The van der Waals surface area contributed by atoms with Crippen molar-refractivity contribution in [2.24, 2.45) is 5.73 Å². The highest BCUT2D eigenvalue weighted by Gasteiger charge is 2.20. The number of hydrogen-bond donors (Lipinski definition) is 3. The third-order valence-electron chi connectivity index (χ3n) is 4.20. The minimum atomic E-state index is -0.876. The summed E-state index contributed by atoms with van der Waals surface area (Å²) in [6.07, 6.45) is 1.81. The summed E-state index contributed by atoms with van der Waals surface area (Å²) in [5, 5.41) is 5.44. The van der Waals surface area contributed by atoms with Gasteiger partial charge in [-0.15, -0.1) is 0 Å². The fourth-order valence-corrected chi connectivity index (χ4v) is 3.06. The number of halogens is 1. The third-order valence-corrected chi connectivity index (χ3v) is 4.91. The smallest absolute Gasteiger partial charge is 0.240 e. The van der Waals surface area contributed by atoms with Gasteiger partial charge in [-0.25, -0.2) is 4.98 Å². The number of nitrogens with two attached hydrogens (primary N) is 1. The van der Waals surface area contributed by atoms with Crippen molar-refractivity contribution in [2.75, 3.05) is 0 Å². The molecule has 1 heterocycles.